The van der Waals surface area contributed by atoms with Gasteiger partial charge in [0.15, 0.2) is 0 Å². The predicted octanol–water partition coefficient (Wildman–Crippen LogP) is 5.92. The van der Waals surface area contributed by atoms with E-state index in [1.54, 1.807) is 36.4 Å². The Morgan fingerprint density at radius 2 is 1.38 bits per heavy atom. The van der Waals surface area contributed by atoms with Gasteiger partial charge in [-0.15, -0.1) is 0 Å². The second-order valence-corrected chi connectivity index (χ2v) is 10.5. The van der Waals surface area contributed by atoms with E-state index in [2.05, 4.69) is 15.8 Å². The fourth-order valence-corrected chi connectivity index (χ4v) is 4.27. The van der Waals surface area contributed by atoms with Crippen molar-refractivity contribution in [3.05, 3.63) is 127 Å². The quantitative estimate of drug-likeness (QED) is 0.0730. The van der Waals surface area contributed by atoms with Gasteiger partial charge in [0.25, 0.3) is 11.8 Å². The summed E-state index contributed by atoms with van der Waals surface area (Å²) in [6.07, 6.45) is 1.25. The first-order chi connectivity index (χ1) is 20.2. The molecule has 0 bridgehead atoms. The molecule has 0 heterocycles. The lowest BCUT2D eigenvalue weighted by Crippen LogP contribution is -2.35. The van der Waals surface area contributed by atoms with Crippen LogP contribution in [0.5, 0.6) is 11.5 Å². The molecule has 4 aromatic rings. The number of nitrogens with one attached hydrogen (secondary N) is 2. The molecule has 4 rings (SSSR count). The lowest BCUT2D eigenvalue weighted by atomic mass is 10.2. The number of hydrogen-bond donors (Lipinski definition) is 2. The van der Waals surface area contributed by atoms with Crippen molar-refractivity contribution < 1.29 is 28.7 Å². The highest BCUT2D eigenvalue weighted by atomic mass is 127. The Kier molecular flexibility index (Phi) is 10.7. The van der Waals surface area contributed by atoms with Gasteiger partial charge >= 0.3 is 11.9 Å². The van der Waals surface area contributed by atoms with Crippen molar-refractivity contribution in [3.63, 3.8) is 0 Å². The Bertz CT molecular complexity index is 1660. The molecule has 0 unspecified atom stereocenters. The maximum atomic E-state index is 12.8. The van der Waals surface area contributed by atoms with Crippen LogP contribution in [0.1, 0.15) is 36.6 Å². The van der Waals surface area contributed by atoms with Gasteiger partial charge < -0.3 is 14.8 Å². The number of carbonyl (C=O) groups is 4. The molecule has 0 radical (unpaired) electrons. The predicted molar refractivity (Wildman–Crippen MR) is 166 cm³/mol. The summed E-state index contributed by atoms with van der Waals surface area (Å²) in [5, 5.41) is 7.34. The van der Waals surface area contributed by atoms with Crippen LogP contribution in [0.2, 0.25) is 10.0 Å². The topological polar surface area (TPSA) is 123 Å². The van der Waals surface area contributed by atoms with Crippen LogP contribution >= 0.6 is 45.8 Å². The molecule has 0 saturated heterocycles. The number of amides is 2. The van der Waals surface area contributed by atoms with Gasteiger partial charge in [0.05, 0.1) is 29.4 Å². The van der Waals surface area contributed by atoms with E-state index in [1.807, 2.05) is 22.6 Å². The number of esters is 2. The van der Waals surface area contributed by atoms with Crippen molar-refractivity contribution in [2.45, 2.75) is 0 Å². The highest BCUT2D eigenvalue weighted by Crippen LogP contribution is 2.26. The summed E-state index contributed by atoms with van der Waals surface area (Å²) in [6.45, 7) is -0.320. The molecule has 0 aliphatic rings. The minimum absolute atomic E-state index is 0.00121. The second-order valence-electron chi connectivity index (χ2n) is 8.45. The highest BCUT2D eigenvalue weighted by Gasteiger charge is 2.16. The van der Waals surface area contributed by atoms with Crippen LogP contribution in [0.25, 0.3) is 0 Å². The Hall–Kier alpha value is -4.26. The van der Waals surface area contributed by atoms with Gasteiger partial charge in [-0.1, -0.05) is 35.3 Å². The largest absolute Gasteiger partial charge is 0.423 e. The van der Waals surface area contributed by atoms with Crippen molar-refractivity contribution in [1.82, 2.24) is 10.7 Å². The van der Waals surface area contributed by atoms with Crippen LogP contribution < -0.4 is 20.2 Å². The summed E-state index contributed by atoms with van der Waals surface area (Å²) in [5.41, 5.74) is 3.52. The van der Waals surface area contributed by atoms with Gasteiger partial charge in [-0.2, -0.15) is 5.10 Å². The third-order valence-electron chi connectivity index (χ3n) is 5.48. The number of ether oxygens (including phenoxy) is 2. The molecule has 0 atom stereocenters. The Labute approximate surface area is 263 Å². The van der Waals surface area contributed by atoms with Crippen LogP contribution in [0, 0.1) is 3.57 Å². The third kappa shape index (κ3) is 8.62. The van der Waals surface area contributed by atoms with Crippen molar-refractivity contribution in [2.24, 2.45) is 5.10 Å². The average Bonchev–Trinajstić information content (AvgIpc) is 2.98. The summed E-state index contributed by atoms with van der Waals surface area (Å²) in [7, 11) is 0. The van der Waals surface area contributed by atoms with E-state index in [1.165, 1.54) is 60.8 Å². The first kappa shape index (κ1) is 30.7. The second kappa shape index (κ2) is 14.6. The molecule has 0 aromatic heterocycles. The maximum absolute atomic E-state index is 12.8. The molecule has 12 heteroatoms. The smallest absolute Gasteiger partial charge is 0.343 e. The average molecular weight is 716 g/mol. The Balaban J connectivity index is 1.47. The van der Waals surface area contributed by atoms with Crippen LogP contribution in [0.3, 0.4) is 0 Å². The summed E-state index contributed by atoms with van der Waals surface area (Å²) in [4.78, 5) is 50.0. The molecule has 2 amide bonds. The molecule has 9 nitrogen and oxygen atoms in total. The number of hydrogen-bond acceptors (Lipinski definition) is 7. The minimum atomic E-state index is -0.704. The molecule has 42 heavy (non-hydrogen) atoms. The molecule has 2 N–H and O–H groups in total. The normalized spacial score (nSPS) is 10.6. The number of halogens is 3. The molecule has 0 aliphatic heterocycles. The van der Waals surface area contributed by atoms with E-state index in [9.17, 15) is 19.2 Å². The van der Waals surface area contributed by atoms with Gasteiger partial charge in [-0.3, -0.25) is 9.59 Å². The monoisotopic (exact) mass is 715 g/mol. The molecular formula is C30H20Cl2IN3O6. The van der Waals surface area contributed by atoms with Crippen molar-refractivity contribution in [2.75, 3.05) is 6.54 Å². The standard InChI is InChI=1S/C30H20Cl2IN3O6/c31-21-10-5-18(6-11-21)29(39)41-23-14-9-20(26(15-23)42-30(40)19-7-12-22(32)13-8-19)16-35-36-27(37)17-34-28(38)24-3-1-2-4-25(24)33/h1-16H,17H2,(H,34,38)(H,36,37)/b35-16+. The van der Waals surface area contributed by atoms with Crippen molar-refractivity contribution >= 4 is 75.8 Å². The van der Waals surface area contributed by atoms with E-state index in [0.717, 1.165) is 3.57 Å². The van der Waals surface area contributed by atoms with Gasteiger partial charge in [-0.05, 0) is 95.4 Å². The zero-order valence-corrected chi connectivity index (χ0v) is 25.1. The Morgan fingerprint density at radius 3 is 2.00 bits per heavy atom. The van der Waals surface area contributed by atoms with Crippen LogP contribution in [-0.2, 0) is 4.79 Å². The van der Waals surface area contributed by atoms with Gasteiger partial charge in [0.1, 0.15) is 11.5 Å². The summed E-state index contributed by atoms with van der Waals surface area (Å²) < 4.78 is 11.7. The van der Waals surface area contributed by atoms with Crippen molar-refractivity contribution in [1.29, 1.82) is 0 Å². The Morgan fingerprint density at radius 1 is 0.786 bits per heavy atom. The molecule has 0 saturated carbocycles. The maximum Gasteiger partial charge on any atom is 0.343 e. The van der Waals surface area contributed by atoms with Crippen molar-refractivity contribution in [3.8, 4) is 11.5 Å². The molecule has 4 aromatic carbocycles. The summed E-state index contributed by atoms with van der Waals surface area (Å²) in [6, 6.07) is 23.5. The fourth-order valence-electron chi connectivity index (χ4n) is 3.38. The first-order valence-corrected chi connectivity index (χ1v) is 14.0. The molecular weight excluding hydrogens is 696 g/mol. The molecule has 0 aliphatic carbocycles. The highest BCUT2D eigenvalue weighted by molar-refractivity contribution is 14.1. The minimum Gasteiger partial charge on any atom is -0.423 e. The van der Waals surface area contributed by atoms with Gasteiger partial charge in [0, 0.05) is 25.2 Å². The van der Waals surface area contributed by atoms with Crippen LogP contribution in [-0.4, -0.2) is 36.5 Å². The van der Waals surface area contributed by atoms with E-state index >= 15 is 0 Å². The summed E-state index contributed by atoms with van der Waals surface area (Å²) in [5.74, 6) is -2.25. The lowest BCUT2D eigenvalue weighted by Gasteiger charge is -2.11. The molecule has 212 valence electrons. The van der Waals surface area contributed by atoms with E-state index in [-0.39, 0.29) is 34.7 Å². The molecule has 0 spiro atoms. The van der Waals surface area contributed by atoms with E-state index < -0.39 is 23.8 Å². The van der Waals surface area contributed by atoms with Gasteiger partial charge in [-0.25, -0.2) is 15.0 Å². The number of nitrogens with zero attached hydrogens (tertiary/aromatic N) is 1. The summed E-state index contributed by atoms with van der Waals surface area (Å²) >= 11 is 13.8. The fraction of sp³-hybridized carbons (Fsp3) is 0.0333. The third-order valence-corrected chi connectivity index (χ3v) is 6.92. The first-order valence-electron chi connectivity index (χ1n) is 12.1. The van der Waals surface area contributed by atoms with E-state index in [0.29, 0.717) is 15.6 Å². The van der Waals surface area contributed by atoms with Crippen LogP contribution in [0.15, 0.2) is 96.1 Å². The van der Waals surface area contributed by atoms with E-state index in [4.69, 9.17) is 32.7 Å². The SMILES string of the molecule is O=C(CNC(=O)c1ccccc1I)N/N=C/c1ccc(OC(=O)c2ccc(Cl)cc2)cc1OC(=O)c1ccc(Cl)cc1. The molecule has 0 fully saturated rings. The number of benzene rings is 4. The number of carbonyl (C=O) groups excluding carboxylic acids is 4. The van der Waals surface area contributed by atoms with Gasteiger partial charge in [0.2, 0.25) is 0 Å². The van der Waals surface area contributed by atoms with Crippen LogP contribution in [0.4, 0.5) is 0 Å². The number of rotatable bonds is 9. The zero-order chi connectivity index (χ0) is 30.1. The number of hydrazone groups is 1. The zero-order valence-electron chi connectivity index (χ0n) is 21.5. The lowest BCUT2D eigenvalue weighted by molar-refractivity contribution is -0.120.